The topological polar surface area (TPSA) is 85.1 Å². The molecule has 0 atom stereocenters. The number of Topliss-reactive ketones (excluding diaryl/α,β-unsaturated/α-hetero) is 1. The number of nitrogens with two attached hydrogens (primary N) is 1. The van der Waals surface area contributed by atoms with Gasteiger partial charge >= 0.3 is 0 Å². The van der Waals surface area contributed by atoms with Gasteiger partial charge in [0.2, 0.25) is 5.91 Å². The third-order valence-electron chi connectivity index (χ3n) is 2.69. The Bertz CT molecular complexity index is 634. The van der Waals surface area contributed by atoms with Crippen LogP contribution in [0.2, 0.25) is 0 Å². The van der Waals surface area contributed by atoms with E-state index in [-0.39, 0.29) is 18.1 Å². The molecule has 0 bridgehead atoms. The average Bonchev–Trinajstić information content (AvgIpc) is 2.68. The molecule has 0 aliphatic carbocycles. The number of aromatic nitrogens is 1. The van der Waals surface area contributed by atoms with E-state index in [1.54, 1.807) is 6.20 Å². The fourth-order valence-corrected chi connectivity index (χ4v) is 2.80. The third kappa shape index (κ3) is 2.06. The molecule has 18 heavy (non-hydrogen) atoms. The van der Waals surface area contributed by atoms with Gasteiger partial charge in [-0.25, -0.2) is 4.98 Å². The molecule has 2 aromatic heterocycles. The molecule has 0 aliphatic rings. The molecule has 0 saturated carbocycles. The highest BCUT2D eigenvalue weighted by molar-refractivity contribution is 7.21. The van der Waals surface area contributed by atoms with Crippen LogP contribution in [-0.4, -0.2) is 23.7 Å². The maximum absolute atomic E-state index is 12.0. The summed E-state index contributed by atoms with van der Waals surface area (Å²) in [5.74, 6) is -0.587. The van der Waals surface area contributed by atoms with Gasteiger partial charge in [-0.1, -0.05) is 0 Å². The Kier molecular flexibility index (Phi) is 3.29. The Morgan fingerprint density at radius 3 is 2.83 bits per heavy atom. The highest BCUT2D eigenvalue weighted by atomic mass is 32.1. The van der Waals surface area contributed by atoms with E-state index >= 15 is 0 Å². The van der Waals surface area contributed by atoms with Crippen molar-refractivity contribution in [2.24, 2.45) is 0 Å². The number of carbonyl (C=O) groups excluding carboxylic acids is 2. The number of amides is 1. The van der Waals surface area contributed by atoms with Gasteiger partial charge in [0, 0.05) is 18.6 Å². The molecule has 94 valence electrons. The first-order valence-electron chi connectivity index (χ1n) is 5.42. The van der Waals surface area contributed by atoms with E-state index in [4.69, 9.17) is 5.73 Å². The number of rotatable bonds is 3. The molecule has 3 N–H and O–H groups in total. The van der Waals surface area contributed by atoms with Crippen molar-refractivity contribution in [1.29, 1.82) is 0 Å². The predicted molar refractivity (Wildman–Crippen MR) is 71.8 cm³/mol. The summed E-state index contributed by atoms with van der Waals surface area (Å²) in [6, 6.07) is 1.85. The Morgan fingerprint density at radius 2 is 2.22 bits per heavy atom. The predicted octanol–water partition coefficient (Wildman–Crippen LogP) is 1.51. The second-order valence-corrected chi connectivity index (χ2v) is 4.93. The lowest BCUT2D eigenvalue weighted by Crippen LogP contribution is -2.21. The molecule has 2 aromatic rings. The van der Waals surface area contributed by atoms with Crippen LogP contribution in [0, 0.1) is 6.92 Å². The van der Waals surface area contributed by atoms with Crippen LogP contribution in [0.4, 0.5) is 5.69 Å². The maximum Gasteiger partial charge on any atom is 0.227 e. The zero-order chi connectivity index (χ0) is 13.3. The summed E-state index contributed by atoms with van der Waals surface area (Å²) >= 11 is 1.23. The van der Waals surface area contributed by atoms with E-state index in [0.29, 0.717) is 10.6 Å². The summed E-state index contributed by atoms with van der Waals surface area (Å²) in [6.45, 7) is 1.92. The van der Waals surface area contributed by atoms with Gasteiger partial charge in [0.1, 0.15) is 4.83 Å². The minimum Gasteiger partial charge on any atom is -0.397 e. The number of hydrogen-bond donors (Lipinski definition) is 2. The molecular weight excluding hydrogens is 250 g/mol. The van der Waals surface area contributed by atoms with Crippen LogP contribution in [0.1, 0.15) is 21.7 Å². The summed E-state index contributed by atoms with van der Waals surface area (Å²) in [6.07, 6.45) is 1.49. The van der Waals surface area contributed by atoms with Crippen LogP contribution in [0.3, 0.4) is 0 Å². The summed E-state index contributed by atoms with van der Waals surface area (Å²) in [5, 5.41) is 3.23. The molecular formula is C12H13N3O2S. The Balaban J connectivity index is 2.46. The number of anilines is 1. The number of carbonyl (C=O) groups is 2. The van der Waals surface area contributed by atoms with Gasteiger partial charge in [-0.05, 0) is 18.6 Å². The molecule has 0 saturated heterocycles. The van der Waals surface area contributed by atoms with Gasteiger partial charge in [-0.3, -0.25) is 9.59 Å². The van der Waals surface area contributed by atoms with Crippen molar-refractivity contribution < 1.29 is 9.59 Å². The van der Waals surface area contributed by atoms with Crippen molar-refractivity contribution >= 4 is 38.9 Å². The van der Waals surface area contributed by atoms with Crippen LogP contribution in [0.15, 0.2) is 12.3 Å². The zero-order valence-electron chi connectivity index (χ0n) is 10.1. The maximum atomic E-state index is 12.0. The number of hydrogen-bond acceptors (Lipinski definition) is 5. The number of aryl methyl sites for hydroxylation is 1. The molecule has 0 fully saturated rings. The van der Waals surface area contributed by atoms with Crippen molar-refractivity contribution in [3.05, 3.63) is 22.7 Å². The Labute approximate surface area is 108 Å². The Morgan fingerprint density at radius 1 is 1.50 bits per heavy atom. The molecule has 0 spiro atoms. The third-order valence-corrected chi connectivity index (χ3v) is 3.85. The van der Waals surface area contributed by atoms with Crippen molar-refractivity contribution in [2.45, 2.75) is 13.3 Å². The lowest BCUT2D eigenvalue weighted by atomic mass is 10.1. The van der Waals surface area contributed by atoms with Gasteiger partial charge in [-0.2, -0.15) is 0 Å². The molecule has 5 nitrogen and oxygen atoms in total. The van der Waals surface area contributed by atoms with Crippen molar-refractivity contribution in [3.63, 3.8) is 0 Å². The number of pyridine rings is 1. The largest absolute Gasteiger partial charge is 0.397 e. The second kappa shape index (κ2) is 4.73. The van der Waals surface area contributed by atoms with Gasteiger partial charge in [0.15, 0.2) is 5.78 Å². The quantitative estimate of drug-likeness (QED) is 0.649. The van der Waals surface area contributed by atoms with E-state index in [1.165, 1.54) is 18.4 Å². The minimum absolute atomic E-state index is 0.188. The monoisotopic (exact) mass is 263 g/mol. The van der Waals surface area contributed by atoms with Gasteiger partial charge in [0.25, 0.3) is 0 Å². The van der Waals surface area contributed by atoms with Crippen LogP contribution in [-0.2, 0) is 4.79 Å². The summed E-state index contributed by atoms with van der Waals surface area (Å²) in [4.78, 5) is 28.5. The van der Waals surface area contributed by atoms with Crippen LogP contribution < -0.4 is 11.1 Å². The van der Waals surface area contributed by atoms with Crippen LogP contribution in [0.25, 0.3) is 10.2 Å². The molecule has 0 unspecified atom stereocenters. The van der Waals surface area contributed by atoms with Crippen molar-refractivity contribution in [3.8, 4) is 0 Å². The van der Waals surface area contributed by atoms with Gasteiger partial charge in [0.05, 0.1) is 17.0 Å². The molecule has 0 aliphatic heterocycles. The van der Waals surface area contributed by atoms with Gasteiger partial charge < -0.3 is 11.1 Å². The van der Waals surface area contributed by atoms with E-state index < -0.39 is 0 Å². The zero-order valence-corrected chi connectivity index (χ0v) is 10.9. The SMILES string of the molecule is CNC(=O)CC(=O)c1sc2nccc(C)c2c1N. The normalized spacial score (nSPS) is 10.6. The van der Waals surface area contributed by atoms with Crippen molar-refractivity contribution in [1.82, 2.24) is 10.3 Å². The molecule has 6 heteroatoms. The number of nitrogens with one attached hydrogen (secondary N) is 1. The molecule has 0 radical (unpaired) electrons. The highest BCUT2D eigenvalue weighted by Gasteiger charge is 2.19. The Hall–Kier alpha value is -1.95. The summed E-state index contributed by atoms with van der Waals surface area (Å²) < 4.78 is 0. The van der Waals surface area contributed by atoms with Gasteiger partial charge in [-0.15, -0.1) is 11.3 Å². The number of nitrogen functional groups attached to an aromatic ring is 1. The number of ketones is 1. The fourth-order valence-electron chi connectivity index (χ4n) is 1.73. The minimum atomic E-state index is -0.318. The molecule has 2 rings (SSSR count). The first-order valence-corrected chi connectivity index (χ1v) is 6.23. The number of fused-ring (bicyclic) bond motifs is 1. The molecule has 2 heterocycles. The van der Waals surface area contributed by atoms with E-state index in [9.17, 15) is 9.59 Å². The lowest BCUT2D eigenvalue weighted by Gasteiger charge is -1.99. The lowest BCUT2D eigenvalue weighted by molar-refractivity contribution is -0.119. The summed E-state index contributed by atoms with van der Waals surface area (Å²) in [7, 11) is 1.50. The first-order chi connectivity index (χ1) is 8.54. The molecule has 1 amide bonds. The molecule has 0 aromatic carbocycles. The first kappa shape index (κ1) is 12.5. The fraction of sp³-hybridized carbons (Fsp3) is 0.250. The number of nitrogens with zero attached hydrogens (tertiary/aromatic N) is 1. The highest BCUT2D eigenvalue weighted by Crippen LogP contribution is 2.34. The van der Waals surface area contributed by atoms with E-state index in [2.05, 4.69) is 10.3 Å². The van der Waals surface area contributed by atoms with E-state index in [1.807, 2.05) is 13.0 Å². The second-order valence-electron chi connectivity index (χ2n) is 3.93. The summed E-state index contributed by atoms with van der Waals surface area (Å²) in [5.41, 5.74) is 7.38. The standard InChI is InChI=1S/C12H13N3O2S/c1-6-3-4-15-12-9(6)10(13)11(18-12)7(16)5-8(17)14-2/h3-4H,5,13H2,1-2H3,(H,14,17). The smallest absolute Gasteiger partial charge is 0.227 e. The van der Waals surface area contributed by atoms with Crippen LogP contribution >= 0.6 is 11.3 Å². The van der Waals surface area contributed by atoms with Crippen LogP contribution in [0.5, 0.6) is 0 Å². The van der Waals surface area contributed by atoms with Crippen molar-refractivity contribution in [2.75, 3.05) is 12.8 Å². The number of thiophene rings is 1. The van der Waals surface area contributed by atoms with E-state index in [0.717, 1.165) is 15.8 Å². The average molecular weight is 263 g/mol.